The minimum Gasteiger partial charge on any atom is -0.347 e. The number of carbonyl (C=O) groups excluding carboxylic acids is 1. The van der Waals surface area contributed by atoms with Gasteiger partial charge in [-0.3, -0.25) is 9.89 Å². The van der Waals surface area contributed by atoms with Crippen molar-refractivity contribution in [3.63, 3.8) is 0 Å². The molecule has 0 saturated heterocycles. The Morgan fingerprint density at radius 3 is 2.90 bits per heavy atom. The highest BCUT2D eigenvalue weighted by atomic mass is 35.5. The van der Waals surface area contributed by atoms with Crippen molar-refractivity contribution in [2.45, 2.75) is 6.54 Å². The van der Waals surface area contributed by atoms with Crippen molar-refractivity contribution < 1.29 is 4.79 Å². The van der Waals surface area contributed by atoms with Crippen LogP contribution >= 0.6 is 11.6 Å². The van der Waals surface area contributed by atoms with Crippen LogP contribution in [0.15, 0.2) is 48.5 Å². The fourth-order valence-corrected chi connectivity index (χ4v) is 2.26. The molecule has 0 unspecified atom stereocenters. The molecule has 1 heterocycles. The number of amides is 1. The first kappa shape index (κ1) is 12.7. The average Bonchev–Trinajstić information content (AvgIpc) is 2.89. The molecule has 1 amide bonds. The van der Waals surface area contributed by atoms with Gasteiger partial charge in [0.25, 0.3) is 5.91 Å². The topological polar surface area (TPSA) is 57.8 Å². The van der Waals surface area contributed by atoms with E-state index < -0.39 is 0 Å². The zero-order valence-electron chi connectivity index (χ0n) is 10.6. The first-order valence-corrected chi connectivity index (χ1v) is 6.57. The van der Waals surface area contributed by atoms with Crippen LogP contribution in [-0.2, 0) is 6.54 Å². The van der Waals surface area contributed by atoms with Gasteiger partial charge >= 0.3 is 0 Å². The number of hydrogen-bond donors (Lipinski definition) is 2. The molecule has 0 aliphatic carbocycles. The predicted molar refractivity (Wildman–Crippen MR) is 78.7 cm³/mol. The maximum absolute atomic E-state index is 12.2. The number of benzene rings is 2. The Kier molecular flexibility index (Phi) is 3.39. The molecule has 2 aromatic carbocycles. The summed E-state index contributed by atoms with van der Waals surface area (Å²) in [7, 11) is 0. The van der Waals surface area contributed by atoms with Crippen molar-refractivity contribution in [1.82, 2.24) is 15.5 Å². The van der Waals surface area contributed by atoms with Gasteiger partial charge in [0.2, 0.25) is 0 Å². The highest BCUT2D eigenvalue weighted by Gasteiger charge is 2.13. The van der Waals surface area contributed by atoms with Gasteiger partial charge in [-0.1, -0.05) is 41.9 Å². The van der Waals surface area contributed by atoms with Crippen molar-refractivity contribution in [3.05, 3.63) is 64.8 Å². The van der Waals surface area contributed by atoms with E-state index in [4.69, 9.17) is 11.6 Å². The monoisotopic (exact) mass is 285 g/mol. The van der Waals surface area contributed by atoms with Crippen molar-refractivity contribution in [3.8, 4) is 0 Å². The van der Waals surface area contributed by atoms with E-state index in [0.717, 1.165) is 16.5 Å². The van der Waals surface area contributed by atoms with Crippen LogP contribution in [0.25, 0.3) is 10.9 Å². The maximum Gasteiger partial charge on any atom is 0.272 e. The van der Waals surface area contributed by atoms with Crippen molar-refractivity contribution in [2.75, 3.05) is 0 Å². The molecule has 0 aliphatic heterocycles. The van der Waals surface area contributed by atoms with E-state index in [9.17, 15) is 4.79 Å². The van der Waals surface area contributed by atoms with Crippen LogP contribution in [0.3, 0.4) is 0 Å². The number of carbonyl (C=O) groups is 1. The van der Waals surface area contributed by atoms with Gasteiger partial charge < -0.3 is 5.32 Å². The summed E-state index contributed by atoms with van der Waals surface area (Å²) in [6, 6.07) is 14.9. The summed E-state index contributed by atoms with van der Waals surface area (Å²) in [5, 5.41) is 11.2. The van der Waals surface area contributed by atoms with Gasteiger partial charge in [0, 0.05) is 17.0 Å². The maximum atomic E-state index is 12.2. The van der Waals surface area contributed by atoms with E-state index in [2.05, 4.69) is 15.5 Å². The van der Waals surface area contributed by atoms with Gasteiger partial charge in [0.1, 0.15) is 0 Å². The highest BCUT2D eigenvalue weighted by Crippen LogP contribution is 2.15. The Balaban J connectivity index is 1.76. The van der Waals surface area contributed by atoms with Crippen LogP contribution in [0, 0.1) is 0 Å². The predicted octanol–water partition coefficient (Wildman–Crippen LogP) is 3.15. The second-order valence-electron chi connectivity index (χ2n) is 4.43. The highest BCUT2D eigenvalue weighted by molar-refractivity contribution is 6.30. The number of aromatic nitrogens is 2. The molecule has 0 bridgehead atoms. The smallest absolute Gasteiger partial charge is 0.272 e. The molecule has 0 fully saturated rings. The quantitative estimate of drug-likeness (QED) is 0.777. The second kappa shape index (κ2) is 5.35. The molecule has 3 aromatic rings. The lowest BCUT2D eigenvalue weighted by Crippen LogP contribution is -2.23. The molecule has 0 atom stereocenters. The van der Waals surface area contributed by atoms with Crippen LogP contribution < -0.4 is 5.32 Å². The second-order valence-corrected chi connectivity index (χ2v) is 4.87. The molecule has 1 aromatic heterocycles. The normalized spacial score (nSPS) is 10.7. The van der Waals surface area contributed by atoms with Gasteiger partial charge in [-0.25, -0.2) is 0 Å². The molecular formula is C15H12ClN3O. The van der Waals surface area contributed by atoms with Crippen LogP contribution in [0.1, 0.15) is 16.1 Å². The summed E-state index contributed by atoms with van der Waals surface area (Å²) in [4.78, 5) is 12.2. The molecule has 5 heteroatoms. The number of nitrogens with zero attached hydrogens (tertiary/aromatic N) is 1. The third-order valence-corrected chi connectivity index (χ3v) is 3.26. The zero-order chi connectivity index (χ0) is 13.9. The van der Waals surface area contributed by atoms with E-state index in [1.807, 2.05) is 42.5 Å². The molecule has 0 saturated carbocycles. The van der Waals surface area contributed by atoms with E-state index in [0.29, 0.717) is 17.3 Å². The lowest BCUT2D eigenvalue weighted by Gasteiger charge is -2.04. The first-order chi connectivity index (χ1) is 9.74. The number of aromatic amines is 1. The molecule has 0 spiro atoms. The molecule has 100 valence electrons. The van der Waals surface area contributed by atoms with Crippen LogP contribution in [-0.4, -0.2) is 16.1 Å². The molecule has 20 heavy (non-hydrogen) atoms. The lowest BCUT2D eigenvalue weighted by molar-refractivity contribution is 0.0947. The Hall–Kier alpha value is -2.33. The van der Waals surface area contributed by atoms with Crippen molar-refractivity contribution in [1.29, 1.82) is 0 Å². The molecular weight excluding hydrogens is 274 g/mol. The minimum absolute atomic E-state index is 0.206. The summed E-state index contributed by atoms with van der Waals surface area (Å²) in [5.41, 5.74) is 2.20. The number of fused-ring (bicyclic) bond motifs is 1. The van der Waals surface area contributed by atoms with Gasteiger partial charge in [-0.2, -0.15) is 5.10 Å². The van der Waals surface area contributed by atoms with Gasteiger partial charge in [-0.05, 0) is 23.8 Å². The van der Waals surface area contributed by atoms with E-state index >= 15 is 0 Å². The van der Waals surface area contributed by atoms with Crippen LogP contribution in [0.2, 0.25) is 5.02 Å². The molecule has 3 rings (SSSR count). The van der Waals surface area contributed by atoms with Gasteiger partial charge in [0.15, 0.2) is 5.69 Å². The number of para-hydroxylation sites is 1. The number of rotatable bonds is 3. The summed E-state index contributed by atoms with van der Waals surface area (Å²) in [6.45, 7) is 0.417. The summed E-state index contributed by atoms with van der Waals surface area (Å²) in [5.74, 6) is -0.206. The van der Waals surface area contributed by atoms with Crippen LogP contribution in [0.4, 0.5) is 0 Å². The van der Waals surface area contributed by atoms with E-state index in [1.165, 1.54) is 0 Å². The average molecular weight is 286 g/mol. The van der Waals surface area contributed by atoms with Crippen LogP contribution in [0.5, 0.6) is 0 Å². The van der Waals surface area contributed by atoms with Crippen molar-refractivity contribution in [2.24, 2.45) is 0 Å². The Bertz CT molecular complexity index is 766. The Labute approximate surface area is 120 Å². The Morgan fingerprint density at radius 1 is 1.20 bits per heavy atom. The fourth-order valence-electron chi connectivity index (χ4n) is 2.05. The van der Waals surface area contributed by atoms with Gasteiger partial charge in [-0.15, -0.1) is 0 Å². The molecule has 4 nitrogen and oxygen atoms in total. The van der Waals surface area contributed by atoms with Crippen molar-refractivity contribution >= 4 is 28.4 Å². The third-order valence-electron chi connectivity index (χ3n) is 3.03. The SMILES string of the molecule is O=C(NCc1cccc(Cl)c1)c1n[nH]c2ccccc12. The van der Waals surface area contributed by atoms with E-state index in [-0.39, 0.29) is 5.91 Å². The third kappa shape index (κ3) is 2.51. The van der Waals surface area contributed by atoms with Gasteiger partial charge in [0.05, 0.1) is 5.52 Å². The summed E-state index contributed by atoms with van der Waals surface area (Å²) in [6.07, 6.45) is 0. The largest absolute Gasteiger partial charge is 0.347 e. The molecule has 2 N–H and O–H groups in total. The summed E-state index contributed by atoms with van der Waals surface area (Å²) < 4.78 is 0. The number of H-pyrrole nitrogens is 1. The summed E-state index contributed by atoms with van der Waals surface area (Å²) >= 11 is 5.91. The van der Waals surface area contributed by atoms with E-state index in [1.54, 1.807) is 6.07 Å². The standard InChI is InChI=1S/C15H12ClN3O/c16-11-5-3-4-10(8-11)9-17-15(20)14-12-6-1-2-7-13(12)18-19-14/h1-8H,9H2,(H,17,20)(H,18,19). The number of halogens is 1. The number of nitrogens with one attached hydrogen (secondary N) is 2. The fraction of sp³-hybridized carbons (Fsp3) is 0.0667. The molecule has 0 radical (unpaired) electrons. The minimum atomic E-state index is -0.206. The molecule has 0 aliphatic rings. The zero-order valence-corrected chi connectivity index (χ0v) is 11.3. The lowest BCUT2D eigenvalue weighted by atomic mass is 10.2. The Morgan fingerprint density at radius 2 is 2.05 bits per heavy atom. The first-order valence-electron chi connectivity index (χ1n) is 6.20. The number of hydrogen-bond acceptors (Lipinski definition) is 2.